The zero-order valence-electron chi connectivity index (χ0n) is 13.5. The first-order valence-electron chi connectivity index (χ1n) is 7.37. The highest BCUT2D eigenvalue weighted by Gasteiger charge is 2.15. The van der Waals surface area contributed by atoms with Gasteiger partial charge in [-0.05, 0) is 43.2 Å². The van der Waals surface area contributed by atoms with Crippen molar-refractivity contribution in [2.24, 2.45) is 0 Å². The smallest absolute Gasteiger partial charge is 0.121 e. The average Bonchev–Trinajstić information content (AvgIpc) is 2.80. The van der Waals surface area contributed by atoms with Crippen molar-refractivity contribution in [2.75, 3.05) is 0 Å². The fourth-order valence-electron chi connectivity index (χ4n) is 2.69. The minimum atomic E-state index is 0. The zero-order valence-corrected chi connectivity index (χ0v) is 15.9. The number of pyridine rings is 1. The van der Waals surface area contributed by atoms with Crippen molar-refractivity contribution in [2.45, 2.75) is 31.2 Å². The molecule has 5 heteroatoms. The second kappa shape index (κ2) is 7.98. The lowest BCUT2D eigenvalue weighted by Crippen LogP contribution is -1.99. The predicted octanol–water partition coefficient (Wildman–Crippen LogP) is 5.65. The molecule has 0 aliphatic heterocycles. The summed E-state index contributed by atoms with van der Waals surface area (Å²) in [4.78, 5) is 4.58. The van der Waals surface area contributed by atoms with Crippen LogP contribution in [0.2, 0.25) is 5.02 Å². The van der Waals surface area contributed by atoms with Crippen LogP contribution < -0.4 is 0 Å². The number of thioether (sulfide) groups is 1. The lowest BCUT2D eigenvalue weighted by atomic mass is 10.2. The van der Waals surface area contributed by atoms with E-state index in [0.717, 1.165) is 21.3 Å². The van der Waals surface area contributed by atoms with Gasteiger partial charge in [0.15, 0.2) is 0 Å². The summed E-state index contributed by atoms with van der Waals surface area (Å²) in [5.41, 5.74) is 4.84. The molecule has 2 heterocycles. The minimum Gasteiger partial charge on any atom is -0.331 e. The number of benzene rings is 1. The second-order valence-electron chi connectivity index (χ2n) is 5.43. The second-order valence-corrected chi connectivity index (χ2v) is 6.83. The molecule has 0 N–H and O–H groups in total. The van der Waals surface area contributed by atoms with Crippen molar-refractivity contribution in [1.82, 2.24) is 9.55 Å². The molecule has 3 aromatic rings. The number of hydrogen-bond donors (Lipinski definition) is 0. The molecule has 0 aliphatic rings. The van der Waals surface area contributed by atoms with Crippen LogP contribution in [0.15, 0.2) is 41.6 Å². The van der Waals surface area contributed by atoms with Crippen LogP contribution in [0.1, 0.15) is 16.8 Å². The predicted molar refractivity (Wildman–Crippen MR) is 106 cm³/mol. The van der Waals surface area contributed by atoms with Gasteiger partial charge in [0.1, 0.15) is 5.03 Å². The molecule has 0 bridgehead atoms. The highest BCUT2D eigenvalue weighted by Crippen LogP contribution is 2.33. The molecule has 0 atom stereocenters. The monoisotopic (exact) mass is 376 g/mol. The number of hydrogen-bond acceptors (Lipinski definition) is 2. The first-order chi connectivity index (χ1) is 11.1. The van der Waals surface area contributed by atoms with E-state index in [1.165, 1.54) is 22.2 Å². The van der Waals surface area contributed by atoms with Gasteiger partial charge in [-0.25, -0.2) is 4.98 Å². The SMILES string of the molecule is C#CCn1c(C)c(C)c2ccnc(SCc3ccc(Cl)cc3)c21.Cl. The molecule has 124 valence electrons. The summed E-state index contributed by atoms with van der Waals surface area (Å²) in [7, 11) is 0. The molecule has 2 nitrogen and oxygen atoms in total. The van der Waals surface area contributed by atoms with Gasteiger partial charge in [-0.2, -0.15) is 0 Å². The summed E-state index contributed by atoms with van der Waals surface area (Å²) < 4.78 is 2.18. The molecule has 0 aliphatic carbocycles. The van der Waals surface area contributed by atoms with E-state index in [4.69, 9.17) is 18.0 Å². The van der Waals surface area contributed by atoms with Gasteiger partial charge in [0.25, 0.3) is 0 Å². The molecule has 0 unspecified atom stereocenters. The van der Waals surface area contributed by atoms with Gasteiger partial charge in [0.05, 0.1) is 12.1 Å². The molecule has 1 aromatic carbocycles. The number of aryl methyl sites for hydroxylation is 1. The standard InChI is InChI=1S/C19H17ClN2S.ClH/c1-4-11-22-14(3)13(2)17-9-10-21-19(18(17)22)23-12-15-5-7-16(20)8-6-15;/h1,5-10H,11-12H2,2-3H3;1H. The van der Waals surface area contributed by atoms with Crippen molar-refractivity contribution in [3.63, 3.8) is 0 Å². The largest absolute Gasteiger partial charge is 0.331 e. The molecule has 3 rings (SSSR count). The maximum atomic E-state index is 5.94. The van der Waals surface area contributed by atoms with Crippen molar-refractivity contribution >= 4 is 46.7 Å². The maximum absolute atomic E-state index is 5.94. The lowest BCUT2D eigenvalue weighted by molar-refractivity contribution is 0.829. The summed E-state index contributed by atoms with van der Waals surface area (Å²) in [6, 6.07) is 10.00. The number of terminal acetylenes is 1. The summed E-state index contributed by atoms with van der Waals surface area (Å²) >= 11 is 7.67. The van der Waals surface area contributed by atoms with E-state index in [9.17, 15) is 0 Å². The molecule has 0 saturated heterocycles. The van der Waals surface area contributed by atoms with Crippen LogP contribution in [0.4, 0.5) is 0 Å². The Kier molecular flexibility index (Phi) is 6.23. The van der Waals surface area contributed by atoms with Crippen LogP contribution in [0.25, 0.3) is 10.9 Å². The zero-order chi connectivity index (χ0) is 16.4. The number of nitrogens with zero attached hydrogens (tertiary/aromatic N) is 2. The fraction of sp³-hybridized carbons (Fsp3) is 0.211. The average molecular weight is 377 g/mol. The first kappa shape index (κ1) is 18.7. The molecule has 2 aromatic heterocycles. The Morgan fingerprint density at radius 1 is 1.21 bits per heavy atom. The van der Waals surface area contributed by atoms with Gasteiger partial charge in [-0.15, -0.1) is 18.8 Å². The van der Waals surface area contributed by atoms with Crippen molar-refractivity contribution in [1.29, 1.82) is 0 Å². The molecule has 0 radical (unpaired) electrons. The van der Waals surface area contributed by atoms with Gasteiger partial charge < -0.3 is 4.57 Å². The fourth-order valence-corrected chi connectivity index (χ4v) is 3.80. The number of rotatable bonds is 4. The maximum Gasteiger partial charge on any atom is 0.121 e. The Balaban J connectivity index is 0.00000208. The van der Waals surface area contributed by atoms with E-state index in [2.05, 4.69) is 35.4 Å². The highest BCUT2D eigenvalue weighted by molar-refractivity contribution is 7.98. The van der Waals surface area contributed by atoms with Crippen LogP contribution in [0.3, 0.4) is 0 Å². The Bertz CT molecular complexity index is 892. The van der Waals surface area contributed by atoms with Crippen molar-refractivity contribution in [3.05, 3.63) is 58.4 Å². The normalized spacial score (nSPS) is 10.4. The number of aromatic nitrogens is 2. The number of fused-ring (bicyclic) bond motifs is 1. The van der Waals surface area contributed by atoms with Crippen LogP contribution in [0.5, 0.6) is 0 Å². The molecular formula is C19H18Cl2N2S. The summed E-state index contributed by atoms with van der Waals surface area (Å²) in [5.74, 6) is 3.60. The Morgan fingerprint density at radius 3 is 2.58 bits per heavy atom. The van der Waals surface area contributed by atoms with Crippen LogP contribution >= 0.6 is 35.8 Å². The third kappa shape index (κ3) is 3.57. The van der Waals surface area contributed by atoms with Gasteiger partial charge in [0.2, 0.25) is 0 Å². The van der Waals surface area contributed by atoms with Gasteiger partial charge in [-0.3, -0.25) is 0 Å². The topological polar surface area (TPSA) is 17.8 Å². The molecule has 24 heavy (non-hydrogen) atoms. The molecular weight excluding hydrogens is 359 g/mol. The van der Waals surface area contributed by atoms with E-state index in [1.807, 2.05) is 30.5 Å². The van der Waals surface area contributed by atoms with Crippen molar-refractivity contribution < 1.29 is 0 Å². The van der Waals surface area contributed by atoms with E-state index < -0.39 is 0 Å². The van der Waals surface area contributed by atoms with Crippen LogP contribution in [0, 0.1) is 26.2 Å². The minimum absolute atomic E-state index is 0. The lowest BCUT2D eigenvalue weighted by Gasteiger charge is -2.08. The van der Waals surface area contributed by atoms with E-state index >= 15 is 0 Å². The Hall–Kier alpha value is -1.60. The summed E-state index contributed by atoms with van der Waals surface area (Å²) in [6.45, 7) is 4.81. The summed E-state index contributed by atoms with van der Waals surface area (Å²) in [6.07, 6.45) is 7.42. The summed E-state index contributed by atoms with van der Waals surface area (Å²) in [5, 5.41) is 3.00. The van der Waals surface area contributed by atoms with E-state index in [-0.39, 0.29) is 12.4 Å². The quantitative estimate of drug-likeness (QED) is 0.432. The van der Waals surface area contributed by atoms with Gasteiger partial charge in [-0.1, -0.05) is 41.4 Å². The Labute approximate surface area is 158 Å². The van der Waals surface area contributed by atoms with Crippen molar-refractivity contribution in [3.8, 4) is 12.3 Å². The highest BCUT2D eigenvalue weighted by atomic mass is 35.5. The Morgan fingerprint density at radius 2 is 1.92 bits per heavy atom. The molecule has 0 saturated carbocycles. The molecule has 0 spiro atoms. The number of halogens is 2. The van der Waals surface area contributed by atoms with Gasteiger partial charge in [0, 0.05) is 28.1 Å². The molecule has 0 fully saturated rings. The van der Waals surface area contributed by atoms with E-state index in [0.29, 0.717) is 6.54 Å². The van der Waals surface area contributed by atoms with Gasteiger partial charge >= 0.3 is 0 Å². The van der Waals surface area contributed by atoms with Crippen LogP contribution in [-0.4, -0.2) is 9.55 Å². The van der Waals surface area contributed by atoms with Crippen LogP contribution in [-0.2, 0) is 12.3 Å². The third-order valence-electron chi connectivity index (χ3n) is 4.05. The van der Waals surface area contributed by atoms with E-state index in [1.54, 1.807) is 11.8 Å². The third-order valence-corrected chi connectivity index (χ3v) is 5.35. The molecule has 0 amide bonds. The first-order valence-corrected chi connectivity index (χ1v) is 8.73.